The van der Waals surface area contributed by atoms with Gasteiger partial charge in [0.15, 0.2) is 0 Å². The van der Waals surface area contributed by atoms with Crippen molar-refractivity contribution in [3.8, 4) is 0 Å². The third kappa shape index (κ3) is 4.95. The zero-order valence-corrected chi connectivity index (χ0v) is 16.2. The molecule has 5 nitrogen and oxygen atoms in total. The average Bonchev–Trinajstić information content (AvgIpc) is 2.64. The van der Waals surface area contributed by atoms with E-state index >= 15 is 0 Å². The van der Waals surface area contributed by atoms with Crippen LogP contribution in [0.2, 0.25) is 5.02 Å². The first kappa shape index (κ1) is 19.1. The van der Waals surface area contributed by atoms with Gasteiger partial charge >= 0.3 is 0 Å². The molecule has 0 unspecified atom stereocenters. The summed E-state index contributed by atoms with van der Waals surface area (Å²) in [4.78, 5) is 24.5. The highest BCUT2D eigenvalue weighted by Crippen LogP contribution is 2.19. The van der Waals surface area contributed by atoms with Crippen molar-refractivity contribution in [2.24, 2.45) is 5.10 Å². The number of hydrazone groups is 1. The number of carbonyl (C=O) groups excluding carboxylic acids is 2. The molecule has 2 amide bonds. The van der Waals surface area contributed by atoms with Crippen molar-refractivity contribution in [1.29, 1.82) is 0 Å². The number of amides is 2. The van der Waals surface area contributed by atoms with Gasteiger partial charge in [-0.05, 0) is 41.3 Å². The minimum atomic E-state index is -0.276. The molecule has 27 heavy (non-hydrogen) atoms. The summed E-state index contributed by atoms with van der Waals surface area (Å²) in [5, 5.41) is 9.08. The largest absolute Gasteiger partial charge is 0.324 e. The number of nitrogens with zero attached hydrogens (tertiary/aromatic N) is 2. The van der Waals surface area contributed by atoms with Crippen LogP contribution in [0.4, 0.5) is 5.69 Å². The lowest BCUT2D eigenvalue weighted by atomic mass is 10.0. The molecule has 140 valence electrons. The van der Waals surface area contributed by atoms with Crippen molar-refractivity contribution in [3.05, 3.63) is 64.7 Å². The lowest BCUT2D eigenvalue weighted by Crippen LogP contribution is -2.37. The standard InChI is InChI=1S/C21H22ClN3O2/c1-14(2)15-5-9-18(10-6-15)23-20(26)13-25-21(27)12-11-19(24-25)16-3-7-17(22)8-4-16/h3-10,14H,11-13H2,1-2H3,(H,23,26). The summed E-state index contributed by atoms with van der Waals surface area (Å²) in [5.74, 6) is 0.00104. The minimum absolute atomic E-state index is 0.109. The topological polar surface area (TPSA) is 61.8 Å². The molecule has 0 atom stereocenters. The van der Waals surface area contributed by atoms with E-state index in [9.17, 15) is 9.59 Å². The third-order valence-electron chi connectivity index (χ3n) is 4.44. The van der Waals surface area contributed by atoms with Crippen LogP contribution >= 0.6 is 11.6 Å². The molecule has 0 saturated heterocycles. The van der Waals surface area contributed by atoms with Gasteiger partial charge in [0.05, 0.1) is 5.71 Å². The molecule has 0 spiro atoms. The van der Waals surface area contributed by atoms with E-state index in [1.54, 1.807) is 12.1 Å². The van der Waals surface area contributed by atoms with Gasteiger partial charge in [-0.1, -0.05) is 49.7 Å². The van der Waals surface area contributed by atoms with Gasteiger partial charge in [-0.3, -0.25) is 9.59 Å². The summed E-state index contributed by atoms with van der Waals surface area (Å²) >= 11 is 5.92. The Balaban J connectivity index is 1.67. The Morgan fingerprint density at radius 3 is 2.41 bits per heavy atom. The van der Waals surface area contributed by atoms with Crippen LogP contribution in [0.25, 0.3) is 0 Å². The first-order chi connectivity index (χ1) is 12.9. The average molecular weight is 384 g/mol. The maximum atomic E-state index is 12.3. The van der Waals surface area contributed by atoms with Gasteiger partial charge in [-0.15, -0.1) is 0 Å². The molecule has 0 radical (unpaired) electrons. The number of halogens is 1. The molecule has 2 aromatic carbocycles. The predicted octanol–water partition coefficient (Wildman–Crippen LogP) is 4.43. The summed E-state index contributed by atoms with van der Waals surface area (Å²) < 4.78 is 0. The van der Waals surface area contributed by atoms with Crippen LogP contribution in [0.5, 0.6) is 0 Å². The van der Waals surface area contributed by atoms with Crippen molar-refractivity contribution in [2.45, 2.75) is 32.6 Å². The molecule has 1 N–H and O–H groups in total. The molecule has 0 aliphatic carbocycles. The fraction of sp³-hybridized carbons (Fsp3) is 0.286. The van der Waals surface area contributed by atoms with Crippen LogP contribution in [0.1, 0.15) is 43.7 Å². The molecule has 3 rings (SSSR count). The molecule has 6 heteroatoms. The van der Waals surface area contributed by atoms with E-state index in [-0.39, 0.29) is 18.4 Å². The molecule has 1 aliphatic rings. The highest BCUT2D eigenvalue weighted by molar-refractivity contribution is 6.30. The molecular weight excluding hydrogens is 362 g/mol. The number of anilines is 1. The van der Waals surface area contributed by atoms with E-state index in [2.05, 4.69) is 24.3 Å². The predicted molar refractivity (Wildman–Crippen MR) is 108 cm³/mol. The second kappa shape index (κ2) is 8.35. The fourth-order valence-electron chi connectivity index (χ4n) is 2.86. The second-order valence-corrected chi connectivity index (χ2v) is 7.27. The number of nitrogens with one attached hydrogen (secondary N) is 1. The Morgan fingerprint density at radius 1 is 1.11 bits per heavy atom. The molecule has 1 heterocycles. The lowest BCUT2D eigenvalue weighted by Gasteiger charge is -2.23. The zero-order valence-electron chi connectivity index (χ0n) is 15.4. The van der Waals surface area contributed by atoms with E-state index in [4.69, 9.17) is 11.6 Å². The summed E-state index contributed by atoms with van der Waals surface area (Å²) in [6, 6.07) is 15.0. The Hall–Kier alpha value is -2.66. The van der Waals surface area contributed by atoms with Crippen LogP contribution < -0.4 is 5.32 Å². The summed E-state index contributed by atoms with van der Waals surface area (Å²) in [7, 11) is 0. The Morgan fingerprint density at radius 2 is 1.78 bits per heavy atom. The van der Waals surface area contributed by atoms with Crippen LogP contribution in [0, 0.1) is 0 Å². The van der Waals surface area contributed by atoms with Crippen LogP contribution in [-0.4, -0.2) is 29.1 Å². The monoisotopic (exact) mass is 383 g/mol. The number of hydrogen-bond acceptors (Lipinski definition) is 3. The van der Waals surface area contributed by atoms with E-state index in [1.165, 1.54) is 10.6 Å². The first-order valence-corrected chi connectivity index (χ1v) is 9.34. The zero-order chi connectivity index (χ0) is 19.4. The molecular formula is C21H22ClN3O2. The fourth-order valence-corrected chi connectivity index (χ4v) is 2.99. The molecule has 2 aromatic rings. The van der Waals surface area contributed by atoms with Crippen molar-refractivity contribution in [2.75, 3.05) is 11.9 Å². The van der Waals surface area contributed by atoms with Crippen molar-refractivity contribution in [3.63, 3.8) is 0 Å². The van der Waals surface area contributed by atoms with Gasteiger partial charge in [0.2, 0.25) is 11.8 Å². The van der Waals surface area contributed by atoms with Crippen molar-refractivity contribution >= 4 is 34.8 Å². The van der Waals surface area contributed by atoms with Crippen molar-refractivity contribution in [1.82, 2.24) is 5.01 Å². The van der Waals surface area contributed by atoms with Gasteiger partial charge in [0.25, 0.3) is 0 Å². The minimum Gasteiger partial charge on any atom is -0.324 e. The Labute approximate surface area is 164 Å². The van der Waals surface area contributed by atoms with E-state index in [0.717, 1.165) is 11.3 Å². The lowest BCUT2D eigenvalue weighted by molar-refractivity contribution is -0.135. The normalized spacial score (nSPS) is 14.3. The van der Waals surface area contributed by atoms with Crippen molar-refractivity contribution < 1.29 is 9.59 Å². The van der Waals surface area contributed by atoms with E-state index in [1.807, 2.05) is 36.4 Å². The van der Waals surface area contributed by atoms with Crippen LogP contribution in [0.15, 0.2) is 53.6 Å². The highest BCUT2D eigenvalue weighted by Gasteiger charge is 2.23. The maximum absolute atomic E-state index is 12.3. The summed E-state index contributed by atoms with van der Waals surface area (Å²) in [5.41, 5.74) is 3.59. The summed E-state index contributed by atoms with van der Waals surface area (Å²) in [6.07, 6.45) is 0.882. The number of benzene rings is 2. The van der Waals surface area contributed by atoms with Gasteiger partial charge < -0.3 is 5.32 Å². The van der Waals surface area contributed by atoms with Gasteiger partial charge in [-0.2, -0.15) is 5.10 Å². The van der Waals surface area contributed by atoms with E-state index < -0.39 is 0 Å². The van der Waals surface area contributed by atoms with Gasteiger partial charge in [0, 0.05) is 23.6 Å². The summed E-state index contributed by atoms with van der Waals surface area (Å²) in [6.45, 7) is 4.12. The van der Waals surface area contributed by atoms with Gasteiger partial charge in [-0.25, -0.2) is 5.01 Å². The first-order valence-electron chi connectivity index (χ1n) is 8.96. The molecule has 0 saturated carbocycles. The highest BCUT2D eigenvalue weighted by atomic mass is 35.5. The quantitative estimate of drug-likeness (QED) is 0.830. The van der Waals surface area contributed by atoms with Gasteiger partial charge in [0.1, 0.15) is 6.54 Å². The Kier molecular flexibility index (Phi) is 5.91. The molecule has 0 fully saturated rings. The SMILES string of the molecule is CC(C)c1ccc(NC(=O)CN2N=C(c3ccc(Cl)cc3)CCC2=O)cc1. The smallest absolute Gasteiger partial charge is 0.246 e. The Bertz CT molecular complexity index is 858. The van der Waals surface area contributed by atoms with Crippen LogP contribution in [0.3, 0.4) is 0 Å². The molecule has 0 aromatic heterocycles. The third-order valence-corrected chi connectivity index (χ3v) is 4.69. The molecule has 1 aliphatic heterocycles. The van der Waals surface area contributed by atoms with E-state index in [0.29, 0.717) is 29.5 Å². The maximum Gasteiger partial charge on any atom is 0.246 e. The van der Waals surface area contributed by atoms with Crippen LogP contribution in [-0.2, 0) is 9.59 Å². The number of carbonyl (C=O) groups is 2. The number of hydrogen-bond donors (Lipinski definition) is 1. The number of rotatable bonds is 5. The second-order valence-electron chi connectivity index (χ2n) is 6.83. The molecule has 0 bridgehead atoms.